The number of rotatable bonds is 6. The highest BCUT2D eigenvalue weighted by Gasteiger charge is 2.15. The van der Waals surface area contributed by atoms with Crippen molar-refractivity contribution in [2.75, 3.05) is 13.2 Å². The van der Waals surface area contributed by atoms with Gasteiger partial charge < -0.3 is 10.1 Å². The zero-order valence-electron chi connectivity index (χ0n) is 10.8. The van der Waals surface area contributed by atoms with Crippen LogP contribution in [0.1, 0.15) is 26.3 Å². The first-order valence-corrected chi connectivity index (χ1v) is 5.92. The molecule has 3 nitrogen and oxygen atoms in total. The van der Waals surface area contributed by atoms with Gasteiger partial charge in [0.1, 0.15) is 5.75 Å². The second kappa shape index (κ2) is 6.27. The van der Waals surface area contributed by atoms with Crippen molar-refractivity contribution < 1.29 is 4.74 Å². The predicted molar refractivity (Wildman–Crippen MR) is 68.7 cm³/mol. The van der Waals surface area contributed by atoms with Crippen molar-refractivity contribution in [2.45, 2.75) is 27.3 Å². The Labute approximate surface area is 103 Å². The highest BCUT2D eigenvalue weighted by atomic mass is 16.5. The fourth-order valence-corrected chi connectivity index (χ4v) is 1.50. The van der Waals surface area contributed by atoms with Crippen LogP contribution in [-0.4, -0.2) is 13.2 Å². The molecule has 1 aromatic rings. The minimum Gasteiger partial charge on any atom is -0.494 e. The first-order chi connectivity index (χ1) is 8.09. The molecule has 92 valence electrons. The maximum atomic E-state index is 8.92. The first-order valence-electron chi connectivity index (χ1n) is 5.92. The third-order valence-corrected chi connectivity index (χ3v) is 2.46. The molecule has 0 bridgehead atoms. The highest BCUT2D eigenvalue weighted by Crippen LogP contribution is 2.18. The van der Waals surface area contributed by atoms with Crippen molar-refractivity contribution in [1.29, 1.82) is 5.26 Å². The van der Waals surface area contributed by atoms with Crippen LogP contribution >= 0.6 is 0 Å². The second-order valence-corrected chi connectivity index (χ2v) is 4.64. The number of nitrogens with zero attached hydrogens (tertiary/aromatic N) is 1. The van der Waals surface area contributed by atoms with Gasteiger partial charge in [-0.3, -0.25) is 0 Å². The number of nitrogens with one attached hydrogen (secondary N) is 1. The van der Waals surface area contributed by atoms with Gasteiger partial charge in [0.2, 0.25) is 0 Å². The molecule has 0 aromatic heterocycles. The molecular weight excluding hydrogens is 212 g/mol. The molecule has 3 heteroatoms. The molecule has 0 amide bonds. The molecular formula is C14H20N2O. The summed E-state index contributed by atoms with van der Waals surface area (Å²) >= 11 is 0. The molecule has 0 atom stereocenters. The number of para-hydroxylation sites is 1. The third-order valence-electron chi connectivity index (χ3n) is 2.46. The average molecular weight is 232 g/mol. The summed E-state index contributed by atoms with van der Waals surface area (Å²) in [5.41, 5.74) is 0.795. The van der Waals surface area contributed by atoms with Crippen LogP contribution in [-0.2, 0) is 6.54 Å². The fraction of sp³-hybridized carbons (Fsp3) is 0.500. The van der Waals surface area contributed by atoms with Crippen LogP contribution < -0.4 is 10.1 Å². The Morgan fingerprint density at radius 1 is 1.35 bits per heavy atom. The molecule has 0 aliphatic carbocycles. The maximum absolute atomic E-state index is 8.92. The first kappa shape index (κ1) is 13.5. The van der Waals surface area contributed by atoms with Gasteiger partial charge in [-0.05, 0) is 26.8 Å². The lowest BCUT2D eigenvalue weighted by molar-refractivity contribution is 0.334. The van der Waals surface area contributed by atoms with E-state index in [4.69, 9.17) is 10.00 Å². The van der Waals surface area contributed by atoms with Crippen molar-refractivity contribution in [2.24, 2.45) is 5.41 Å². The molecule has 0 saturated heterocycles. The lowest BCUT2D eigenvalue weighted by atomic mass is 9.96. The summed E-state index contributed by atoms with van der Waals surface area (Å²) in [4.78, 5) is 0. The lowest BCUT2D eigenvalue weighted by Crippen LogP contribution is -2.27. The van der Waals surface area contributed by atoms with Gasteiger partial charge in [-0.1, -0.05) is 18.2 Å². The van der Waals surface area contributed by atoms with Gasteiger partial charge in [-0.15, -0.1) is 0 Å². The summed E-state index contributed by atoms with van der Waals surface area (Å²) in [6, 6.07) is 10.2. The number of benzene rings is 1. The van der Waals surface area contributed by atoms with Crippen LogP contribution in [0.4, 0.5) is 0 Å². The second-order valence-electron chi connectivity index (χ2n) is 4.64. The number of hydrogen-bond donors (Lipinski definition) is 1. The van der Waals surface area contributed by atoms with E-state index in [1.54, 1.807) is 0 Å². The zero-order chi connectivity index (χ0) is 12.7. The Morgan fingerprint density at radius 2 is 2.06 bits per heavy atom. The van der Waals surface area contributed by atoms with Gasteiger partial charge in [-0.2, -0.15) is 5.26 Å². The molecule has 0 aliphatic rings. The monoisotopic (exact) mass is 232 g/mol. The van der Waals surface area contributed by atoms with E-state index in [0.717, 1.165) is 17.9 Å². The van der Waals surface area contributed by atoms with Gasteiger partial charge in [0.15, 0.2) is 0 Å². The molecule has 0 aliphatic heterocycles. The van der Waals surface area contributed by atoms with E-state index in [2.05, 4.69) is 11.4 Å². The SMILES string of the molecule is CCOc1ccccc1CNCC(C)(C)C#N. The largest absolute Gasteiger partial charge is 0.494 e. The van der Waals surface area contributed by atoms with E-state index < -0.39 is 0 Å². The van der Waals surface area contributed by atoms with Crippen LogP contribution in [0.3, 0.4) is 0 Å². The molecule has 1 aromatic carbocycles. The number of hydrogen-bond acceptors (Lipinski definition) is 3. The third kappa shape index (κ3) is 4.46. The van der Waals surface area contributed by atoms with E-state index in [0.29, 0.717) is 13.2 Å². The summed E-state index contributed by atoms with van der Waals surface area (Å²) < 4.78 is 5.54. The molecule has 1 rings (SSSR count). The highest BCUT2D eigenvalue weighted by molar-refractivity contribution is 5.33. The Kier molecular flexibility index (Phi) is 4.99. The van der Waals surface area contributed by atoms with Gasteiger partial charge >= 0.3 is 0 Å². The fourth-order valence-electron chi connectivity index (χ4n) is 1.50. The van der Waals surface area contributed by atoms with E-state index in [1.807, 2.05) is 45.0 Å². The van der Waals surface area contributed by atoms with Crippen molar-refractivity contribution in [3.8, 4) is 11.8 Å². The topological polar surface area (TPSA) is 45.0 Å². The quantitative estimate of drug-likeness (QED) is 0.820. The van der Waals surface area contributed by atoms with Crippen LogP contribution in [0.2, 0.25) is 0 Å². The Bertz CT molecular complexity index is 393. The van der Waals surface area contributed by atoms with Gasteiger partial charge in [0.25, 0.3) is 0 Å². The van der Waals surface area contributed by atoms with E-state index in [1.165, 1.54) is 0 Å². The Hall–Kier alpha value is -1.53. The molecule has 0 unspecified atom stereocenters. The molecule has 0 radical (unpaired) electrons. The Morgan fingerprint density at radius 3 is 2.71 bits per heavy atom. The standard InChI is InChI=1S/C14H20N2O/c1-4-17-13-8-6-5-7-12(13)9-16-11-14(2,3)10-15/h5-8,16H,4,9,11H2,1-3H3. The summed E-state index contributed by atoms with van der Waals surface area (Å²) in [5.74, 6) is 0.914. The average Bonchev–Trinajstić information content (AvgIpc) is 2.31. The number of ether oxygens (including phenoxy) is 1. The smallest absolute Gasteiger partial charge is 0.123 e. The molecule has 0 saturated carbocycles. The zero-order valence-corrected chi connectivity index (χ0v) is 10.8. The van der Waals surface area contributed by atoms with E-state index in [9.17, 15) is 0 Å². The number of nitriles is 1. The van der Waals surface area contributed by atoms with Crippen molar-refractivity contribution in [3.63, 3.8) is 0 Å². The molecule has 0 spiro atoms. The minimum absolute atomic E-state index is 0.333. The summed E-state index contributed by atoms with van der Waals surface area (Å²) in [6.45, 7) is 7.89. The van der Waals surface area contributed by atoms with Gasteiger partial charge in [-0.25, -0.2) is 0 Å². The predicted octanol–water partition coefficient (Wildman–Crippen LogP) is 2.72. The van der Waals surface area contributed by atoms with E-state index in [-0.39, 0.29) is 5.41 Å². The summed E-state index contributed by atoms with van der Waals surface area (Å²) in [5, 5.41) is 12.2. The van der Waals surface area contributed by atoms with Crippen molar-refractivity contribution in [3.05, 3.63) is 29.8 Å². The minimum atomic E-state index is -0.333. The van der Waals surface area contributed by atoms with Crippen LogP contribution in [0.15, 0.2) is 24.3 Å². The van der Waals surface area contributed by atoms with Crippen LogP contribution in [0.25, 0.3) is 0 Å². The van der Waals surface area contributed by atoms with Crippen molar-refractivity contribution in [1.82, 2.24) is 5.32 Å². The van der Waals surface area contributed by atoms with E-state index >= 15 is 0 Å². The summed E-state index contributed by atoms with van der Waals surface area (Å²) in [6.07, 6.45) is 0. The van der Waals surface area contributed by atoms with Gasteiger partial charge in [0, 0.05) is 18.7 Å². The van der Waals surface area contributed by atoms with Crippen molar-refractivity contribution >= 4 is 0 Å². The van der Waals surface area contributed by atoms with Crippen LogP contribution in [0.5, 0.6) is 5.75 Å². The molecule has 0 heterocycles. The normalized spacial score (nSPS) is 10.9. The summed E-state index contributed by atoms with van der Waals surface area (Å²) in [7, 11) is 0. The molecule has 1 N–H and O–H groups in total. The molecule has 17 heavy (non-hydrogen) atoms. The van der Waals surface area contributed by atoms with Gasteiger partial charge in [0.05, 0.1) is 18.1 Å². The molecule has 0 fully saturated rings. The van der Waals surface area contributed by atoms with Crippen LogP contribution in [0, 0.1) is 16.7 Å². The lowest BCUT2D eigenvalue weighted by Gasteiger charge is -2.17. The maximum Gasteiger partial charge on any atom is 0.123 e. The Balaban J connectivity index is 2.55.